The van der Waals surface area contributed by atoms with E-state index in [1.165, 1.54) is 28.7 Å². The van der Waals surface area contributed by atoms with Crippen molar-refractivity contribution in [3.63, 3.8) is 0 Å². The molecule has 1 fully saturated rings. The van der Waals surface area contributed by atoms with Crippen LogP contribution in [-0.4, -0.2) is 56.6 Å². The molecule has 0 bridgehead atoms. The molecule has 3 aromatic rings. The zero-order valence-corrected chi connectivity index (χ0v) is 19.0. The Morgan fingerprint density at radius 3 is 2.43 bits per heavy atom. The Labute approximate surface area is 181 Å². The molecule has 1 aromatic heterocycles. The molecule has 0 saturated carbocycles. The van der Waals surface area contributed by atoms with Crippen molar-refractivity contribution in [3.05, 3.63) is 53.1 Å². The van der Waals surface area contributed by atoms with Crippen LogP contribution in [0.3, 0.4) is 0 Å². The van der Waals surface area contributed by atoms with Gasteiger partial charge in [0.15, 0.2) is 15.0 Å². The third-order valence-corrected chi connectivity index (χ3v) is 7.80. The smallest absolute Gasteiger partial charge is 0.227 e. The average Bonchev–Trinajstić information content (AvgIpc) is 3.13. The highest BCUT2D eigenvalue weighted by Gasteiger charge is 2.23. The van der Waals surface area contributed by atoms with Crippen molar-refractivity contribution in [1.29, 1.82) is 0 Å². The molecule has 1 saturated heterocycles. The molecule has 6 nitrogen and oxygen atoms in total. The fourth-order valence-corrected chi connectivity index (χ4v) is 5.38. The number of carbonyl (C=O) groups excluding carboxylic acids is 1. The van der Waals surface area contributed by atoms with Crippen molar-refractivity contribution in [1.82, 2.24) is 9.88 Å². The molecular weight excluding hydrogens is 418 g/mol. The van der Waals surface area contributed by atoms with E-state index < -0.39 is 9.84 Å². The lowest BCUT2D eigenvalue weighted by atomic mass is 10.0. The number of aryl methyl sites for hydroxylation is 2. The second-order valence-corrected chi connectivity index (χ2v) is 10.9. The fourth-order valence-electron chi connectivity index (χ4n) is 3.61. The summed E-state index contributed by atoms with van der Waals surface area (Å²) in [4.78, 5) is 21.8. The lowest BCUT2D eigenvalue weighted by Crippen LogP contribution is -2.49. The van der Waals surface area contributed by atoms with Gasteiger partial charge in [-0.05, 0) is 48.7 Å². The molecule has 0 N–H and O–H groups in total. The van der Waals surface area contributed by atoms with Gasteiger partial charge in [-0.3, -0.25) is 4.79 Å². The summed E-state index contributed by atoms with van der Waals surface area (Å²) in [6.07, 6.45) is 1.64. The van der Waals surface area contributed by atoms with E-state index in [9.17, 15) is 13.2 Å². The lowest BCUT2D eigenvalue weighted by molar-refractivity contribution is -0.130. The summed E-state index contributed by atoms with van der Waals surface area (Å²) in [7, 11) is -3.24. The molecule has 2 heterocycles. The van der Waals surface area contributed by atoms with E-state index in [1.807, 2.05) is 11.0 Å². The number of anilines is 1. The first kappa shape index (κ1) is 20.8. The molecule has 8 heteroatoms. The number of piperazine rings is 1. The SMILES string of the molecule is Cc1ccc(CC(=O)N2CCN(c3nc4ccc(S(C)(=O)=O)cc4s3)CC2)cc1C. The maximum absolute atomic E-state index is 12.7. The van der Waals surface area contributed by atoms with E-state index in [0.29, 0.717) is 24.4 Å². The average molecular weight is 444 g/mol. The van der Waals surface area contributed by atoms with Gasteiger partial charge in [-0.15, -0.1) is 0 Å². The molecule has 0 radical (unpaired) electrons. The molecule has 0 unspecified atom stereocenters. The minimum absolute atomic E-state index is 0.153. The Morgan fingerprint density at radius 1 is 1.03 bits per heavy atom. The van der Waals surface area contributed by atoms with E-state index in [1.54, 1.807) is 18.2 Å². The summed E-state index contributed by atoms with van der Waals surface area (Å²) in [6.45, 7) is 6.90. The third kappa shape index (κ3) is 4.34. The molecule has 30 heavy (non-hydrogen) atoms. The van der Waals surface area contributed by atoms with Crippen molar-refractivity contribution in [3.8, 4) is 0 Å². The number of aromatic nitrogens is 1. The molecule has 1 aliphatic rings. The molecule has 0 aliphatic carbocycles. The number of benzene rings is 2. The van der Waals surface area contributed by atoms with Gasteiger partial charge in [0.05, 0.1) is 21.5 Å². The summed E-state index contributed by atoms with van der Waals surface area (Å²) in [6, 6.07) is 11.2. The van der Waals surface area contributed by atoms with Crippen LogP contribution in [0.25, 0.3) is 10.2 Å². The van der Waals surface area contributed by atoms with Crippen molar-refractivity contribution in [2.75, 3.05) is 37.3 Å². The predicted octanol–water partition coefficient (Wildman–Crippen LogP) is 3.21. The maximum Gasteiger partial charge on any atom is 0.227 e. The minimum atomic E-state index is -3.24. The van der Waals surface area contributed by atoms with Crippen LogP contribution in [0.4, 0.5) is 5.13 Å². The Bertz CT molecular complexity index is 1210. The van der Waals surface area contributed by atoms with E-state index in [4.69, 9.17) is 0 Å². The van der Waals surface area contributed by atoms with Crippen molar-refractivity contribution >= 4 is 42.4 Å². The number of hydrogen-bond acceptors (Lipinski definition) is 6. The van der Waals surface area contributed by atoms with E-state index >= 15 is 0 Å². The van der Waals surface area contributed by atoms with E-state index in [0.717, 1.165) is 34.0 Å². The van der Waals surface area contributed by atoms with E-state index in [-0.39, 0.29) is 5.91 Å². The van der Waals surface area contributed by atoms with Gasteiger partial charge in [0.25, 0.3) is 0 Å². The maximum atomic E-state index is 12.7. The Balaban J connectivity index is 1.41. The highest BCUT2D eigenvalue weighted by Crippen LogP contribution is 2.31. The zero-order valence-electron chi connectivity index (χ0n) is 17.4. The van der Waals surface area contributed by atoms with Gasteiger partial charge in [-0.25, -0.2) is 13.4 Å². The second-order valence-electron chi connectivity index (χ2n) is 7.86. The van der Waals surface area contributed by atoms with Gasteiger partial charge in [-0.2, -0.15) is 0 Å². The molecular formula is C22H25N3O3S2. The number of amides is 1. The van der Waals surface area contributed by atoms with Crippen LogP contribution in [-0.2, 0) is 21.1 Å². The van der Waals surface area contributed by atoms with Gasteiger partial charge >= 0.3 is 0 Å². The minimum Gasteiger partial charge on any atom is -0.345 e. The monoisotopic (exact) mass is 443 g/mol. The Morgan fingerprint density at radius 2 is 1.77 bits per heavy atom. The first-order chi connectivity index (χ1) is 14.2. The van der Waals surface area contributed by atoms with Gasteiger partial charge < -0.3 is 9.80 Å². The molecule has 0 spiro atoms. The largest absolute Gasteiger partial charge is 0.345 e. The van der Waals surface area contributed by atoms with Crippen molar-refractivity contribution in [2.45, 2.75) is 25.2 Å². The number of rotatable bonds is 4. The molecule has 2 aromatic carbocycles. The highest BCUT2D eigenvalue weighted by atomic mass is 32.2. The highest BCUT2D eigenvalue weighted by molar-refractivity contribution is 7.90. The summed E-state index contributed by atoms with van der Waals surface area (Å²) in [5, 5.41) is 0.872. The first-order valence-electron chi connectivity index (χ1n) is 9.90. The van der Waals surface area contributed by atoms with Crippen LogP contribution < -0.4 is 4.90 Å². The summed E-state index contributed by atoms with van der Waals surface area (Å²) < 4.78 is 24.4. The predicted molar refractivity (Wildman–Crippen MR) is 121 cm³/mol. The Hall–Kier alpha value is -2.45. The Kier molecular flexibility index (Phi) is 5.55. The van der Waals surface area contributed by atoms with Gasteiger partial charge in [0.1, 0.15) is 0 Å². The van der Waals surface area contributed by atoms with Crippen LogP contribution >= 0.6 is 11.3 Å². The molecule has 158 valence electrons. The van der Waals surface area contributed by atoms with Gasteiger partial charge in [-0.1, -0.05) is 29.5 Å². The third-order valence-electron chi connectivity index (χ3n) is 5.61. The second kappa shape index (κ2) is 8.00. The van der Waals surface area contributed by atoms with Crippen molar-refractivity contribution in [2.24, 2.45) is 0 Å². The quantitative estimate of drug-likeness (QED) is 0.619. The molecule has 1 amide bonds. The normalized spacial score (nSPS) is 15.0. The molecule has 0 atom stereocenters. The zero-order chi connectivity index (χ0) is 21.5. The number of nitrogens with zero attached hydrogens (tertiary/aromatic N) is 3. The summed E-state index contributed by atoms with van der Waals surface area (Å²) in [5.74, 6) is 0.153. The number of hydrogen-bond donors (Lipinski definition) is 0. The number of carbonyl (C=O) groups is 1. The fraction of sp³-hybridized carbons (Fsp3) is 0.364. The molecule has 1 aliphatic heterocycles. The number of fused-ring (bicyclic) bond motifs is 1. The number of thiazole rings is 1. The number of sulfone groups is 1. The van der Waals surface area contributed by atoms with E-state index in [2.05, 4.69) is 35.9 Å². The van der Waals surface area contributed by atoms with Crippen LogP contribution in [0.2, 0.25) is 0 Å². The summed E-state index contributed by atoms with van der Waals surface area (Å²) >= 11 is 1.50. The molecule has 4 rings (SSSR count). The standard InChI is InChI=1S/C22H25N3O3S2/c1-15-4-5-17(12-16(15)2)13-21(26)24-8-10-25(11-9-24)22-23-19-7-6-18(30(3,27)28)14-20(19)29-22/h4-7,12,14H,8-11,13H2,1-3H3. The first-order valence-corrected chi connectivity index (χ1v) is 12.6. The lowest BCUT2D eigenvalue weighted by Gasteiger charge is -2.34. The van der Waals surface area contributed by atoms with Crippen molar-refractivity contribution < 1.29 is 13.2 Å². The van der Waals surface area contributed by atoms with Gasteiger partial charge in [0, 0.05) is 32.4 Å². The van der Waals surface area contributed by atoms with Crippen LogP contribution in [0.1, 0.15) is 16.7 Å². The van der Waals surface area contributed by atoms with Crippen LogP contribution in [0.5, 0.6) is 0 Å². The van der Waals surface area contributed by atoms with Crippen LogP contribution in [0, 0.1) is 13.8 Å². The topological polar surface area (TPSA) is 70.6 Å². The van der Waals surface area contributed by atoms with Crippen LogP contribution in [0.15, 0.2) is 41.3 Å². The summed E-state index contributed by atoms with van der Waals surface area (Å²) in [5.41, 5.74) is 4.30. The van der Waals surface area contributed by atoms with Gasteiger partial charge in [0.2, 0.25) is 5.91 Å².